The number of methoxy groups -OCH3 is 2. The molecular formula is C17H16N2O4. The fourth-order valence-electron chi connectivity index (χ4n) is 2.33. The minimum Gasteiger partial charge on any atom is -0.497 e. The maximum absolute atomic E-state index is 12.3. The van der Waals surface area contributed by atoms with E-state index in [1.807, 2.05) is 24.3 Å². The molecule has 0 fully saturated rings. The van der Waals surface area contributed by atoms with Gasteiger partial charge in [0.1, 0.15) is 18.1 Å². The number of carbonyl (C=O) groups is 1. The van der Waals surface area contributed by atoms with Gasteiger partial charge in [0.25, 0.3) is 0 Å². The van der Waals surface area contributed by atoms with Crippen molar-refractivity contribution < 1.29 is 19.0 Å². The van der Waals surface area contributed by atoms with Crippen molar-refractivity contribution in [1.29, 1.82) is 0 Å². The molecule has 0 amide bonds. The highest BCUT2D eigenvalue weighted by Gasteiger charge is 2.16. The largest absolute Gasteiger partial charge is 0.497 e. The zero-order chi connectivity index (χ0) is 16.2. The van der Waals surface area contributed by atoms with Crippen LogP contribution in [0.2, 0.25) is 0 Å². The van der Waals surface area contributed by atoms with Crippen molar-refractivity contribution in [1.82, 2.24) is 10.2 Å². The number of nitrogens with zero attached hydrogens (tertiary/aromatic N) is 1. The fourth-order valence-corrected chi connectivity index (χ4v) is 2.33. The summed E-state index contributed by atoms with van der Waals surface area (Å²) in [7, 11) is 3.14. The first-order chi connectivity index (χ1) is 11.2. The summed E-state index contributed by atoms with van der Waals surface area (Å²) >= 11 is 0. The standard InChI is InChI=1S/C17H16N2O4/c1-21-12-7-8-15(22-2)11(9-12)10-23-17(20)16-13-5-3-4-6-14(13)18-19-16/h3-9H,10H2,1-2H3,(H,18,19). The van der Waals surface area contributed by atoms with Crippen LogP contribution >= 0.6 is 0 Å². The van der Waals surface area contributed by atoms with Gasteiger partial charge in [-0.05, 0) is 24.3 Å². The predicted molar refractivity (Wildman–Crippen MR) is 84.8 cm³/mol. The lowest BCUT2D eigenvalue weighted by Crippen LogP contribution is -2.07. The van der Waals surface area contributed by atoms with Crippen molar-refractivity contribution in [2.75, 3.05) is 14.2 Å². The predicted octanol–water partition coefficient (Wildman–Crippen LogP) is 2.94. The first-order valence-corrected chi connectivity index (χ1v) is 7.04. The Labute approximate surface area is 133 Å². The van der Waals surface area contributed by atoms with Gasteiger partial charge in [-0.15, -0.1) is 0 Å². The topological polar surface area (TPSA) is 73.4 Å². The number of hydrogen-bond donors (Lipinski definition) is 1. The van der Waals surface area contributed by atoms with E-state index < -0.39 is 5.97 Å². The summed E-state index contributed by atoms with van der Waals surface area (Å²) in [5, 5.41) is 7.57. The van der Waals surface area contributed by atoms with Crippen LogP contribution in [0, 0.1) is 0 Å². The van der Waals surface area contributed by atoms with Gasteiger partial charge in [-0.25, -0.2) is 4.79 Å². The van der Waals surface area contributed by atoms with Gasteiger partial charge < -0.3 is 14.2 Å². The normalized spacial score (nSPS) is 10.5. The summed E-state index contributed by atoms with van der Waals surface area (Å²) in [6, 6.07) is 12.7. The minimum atomic E-state index is -0.493. The van der Waals surface area contributed by atoms with Crippen LogP contribution in [0.4, 0.5) is 0 Å². The molecule has 0 radical (unpaired) electrons. The molecule has 0 saturated heterocycles. The van der Waals surface area contributed by atoms with Crippen molar-refractivity contribution in [3.63, 3.8) is 0 Å². The van der Waals surface area contributed by atoms with E-state index in [1.54, 1.807) is 32.4 Å². The van der Waals surface area contributed by atoms with Gasteiger partial charge in [0.15, 0.2) is 5.69 Å². The Balaban J connectivity index is 1.79. The van der Waals surface area contributed by atoms with E-state index in [9.17, 15) is 4.79 Å². The van der Waals surface area contributed by atoms with Crippen LogP contribution in [0.1, 0.15) is 16.1 Å². The summed E-state index contributed by atoms with van der Waals surface area (Å²) in [5.41, 5.74) is 1.78. The third-order valence-electron chi connectivity index (χ3n) is 3.51. The molecule has 0 bridgehead atoms. The zero-order valence-electron chi connectivity index (χ0n) is 12.8. The van der Waals surface area contributed by atoms with Gasteiger partial charge in [0, 0.05) is 10.9 Å². The molecule has 0 aliphatic carbocycles. The molecule has 1 aromatic heterocycles. The molecule has 2 aromatic carbocycles. The van der Waals surface area contributed by atoms with Crippen LogP contribution in [-0.4, -0.2) is 30.4 Å². The summed E-state index contributed by atoms with van der Waals surface area (Å²) in [4.78, 5) is 12.3. The van der Waals surface area contributed by atoms with Gasteiger partial charge in [-0.1, -0.05) is 18.2 Å². The minimum absolute atomic E-state index is 0.0698. The number of hydrogen-bond acceptors (Lipinski definition) is 5. The van der Waals surface area contributed by atoms with Crippen LogP contribution in [-0.2, 0) is 11.3 Å². The van der Waals surface area contributed by atoms with Gasteiger partial charge in [-0.2, -0.15) is 5.10 Å². The molecular weight excluding hydrogens is 296 g/mol. The van der Waals surface area contributed by atoms with E-state index >= 15 is 0 Å². The third kappa shape index (κ3) is 2.96. The molecule has 6 nitrogen and oxygen atoms in total. The molecule has 0 aliphatic heterocycles. The quantitative estimate of drug-likeness (QED) is 0.733. The maximum atomic E-state index is 12.3. The fraction of sp³-hybridized carbons (Fsp3) is 0.176. The number of esters is 1. The second-order valence-electron chi connectivity index (χ2n) is 4.87. The van der Waals surface area contributed by atoms with Crippen LogP contribution in [0.15, 0.2) is 42.5 Å². The number of benzene rings is 2. The number of fused-ring (bicyclic) bond motifs is 1. The Kier molecular flexibility index (Phi) is 4.14. The van der Waals surface area contributed by atoms with Crippen molar-refractivity contribution in [3.05, 3.63) is 53.7 Å². The van der Waals surface area contributed by atoms with E-state index in [2.05, 4.69) is 10.2 Å². The number of aromatic amines is 1. The van der Waals surface area contributed by atoms with Crippen molar-refractivity contribution in [2.24, 2.45) is 0 Å². The monoisotopic (exact) mass is 312 g/mol. The van der Waals surface area contributed by atoms with Crippen LogP contribution in [0.5, 0.6) is 11.5 Å². The second kappa shape index (κ2) is 6.39. The summed E-state index contributed by atoms with van der Waals surface area (Å²) in [5.74, 6) is 0.805. The average molecular weight is 312 g/mol. The molecule has 0 saturated carbocycles. The Morgan fingerprint density at radius 3 is 2.74 bits per heavy atom. The van der Waals surface area contributed by atoms with Crippen LogP contribution < -0.4 is 9.47 Å². The lowest BCUT2D eigenvalue weighted by atomic mass is 10.2. The molecule has 118 valence electrons. The number of H-pyrrole nitrogens is 1. The van der Waals surface area contributed by atoms with E-state index in [1.165, 1.54) is 0 Å². The van der Waals surface area contributed by atoms with Crippen molar-refractivity contribution in [3.8, 4) is 11.5 Å². The number of nitrogens with one attached hydrogen (secondary N) is 1. The lowest BCUT2D eigenvalue weighted by Gasteiger charge is -2.10. The summed E-state index contributed by atoms with van der Waals surface area (Å²) in [6.07, 6.45) is 0. The summed E-state index contributed by atoms with van der Waals surface area (Å²) in [6.45, 7) is 0.0698. The highest BCUT2D eigenvalue weighted by Crippen LogP contribution is 2.25. The van der Waals surface area contributed by atoms with E-state index in [0.717, 1.165) is 16.5 Å². The molecule has 0 spiro atoms. The lowest BCUT2D eigenvalue weighted by molar-refractivity contribution is 0.0465. The summed E-state index contributed by atoms with van der Waals surface area (Å²) < 4.78 is 15.8. The van der Waals surface area contributed by atoms with E-state index in [0.29, 0.717) is 11.5 Å². The smallest absolute Gasteiger partial charge is 0.359 e. The van der Waals surface area contributed by atoms with Gasteiger partial charge in [-0.3, -0.25) is 5.10 Å². The number of para-hydroxylation sites is 1. The Bertz CT molecular complexity index is 841. The average Bonchev–Trinajstić information content (AvgIpc) is 3.03. The van der Waals surface area contributed by atoms with E-state index in [4.69, 9.17) is 14.2 Å². The molecule has 6 heteroatoms. The van der Waals surface area contributed by atoms with Gasteiger partial charge in [0.05, 0.1) is 19.7 Å². The van der Waals surface area contributed by atoms with Crippen LogP contribution in [0.25, 0.3) is 10.9 Å². The van der Waals surface area contributed by atoms with Crippen LogP contribution in [0.3, 0.4) is 0 Å². The van der Waals surface area contributed by atoms with Crippen molar-refractivity contribution in [2.45, 2.75) is 6.61 Å². The second-order valence-corrected chi connectivity index (χ2v) is 4.87. The molecule has 1 N–H and O–H groups in total. The molecule has 3 rings (SSSR count). The number of carbonyl (C=O) groups excluding carboxylic acids is 1. The van der Waals surface area contributed by atoms with Gasteiger partial charge >= 0.3 is 5.97 Å². The molecule has 0 unspecified atom stereocenters. The number of rotatable bonds is 5. The molecule has 23 heavy (non-hydrogen) atoms. The first-order valence-electron chi connectivity index (χ1n) is 7.04. The third-order valence-corrected chi connectivity index (χ3v) is 3.51. The molecule has 1 heterocycles. The SMILES string of the molecule is COc1ccc(OC)c(COC(=O)c2n[nH]c3ccccc23)c1. The Morgan fingerprint density at radius 2 is 1.96 bits per heavy atom. The van der Waals surface area contributed by atoms with Crippen molar-refractivity contribution >= 4 is 16.9 Å². The number of ether oxygens (including phenoxy) is 3. The first kappa shape index (κ1) is 14.9. The van der Waals surface area contributed by atoms with Gasteiger partial charge in [0.2, 0.25) is 0 Å². The molecule has 0 atom stereocenters. The highest BCUT2D eigenvalue weighted by molar-refractivity contribution is 6.01. The Morgan fingerprint density at radius 1 is 1.13 bits per heavy atom. The maximum Gasteiger partial charge on any atom is 0.359 e. The number of aromatic nitrogens is 2. The zero-order valence-corrected chi connectivity index (χ0v) is 12.8. The Hall–Kier alpha value is -3.02. The van der Waals surface area contributed by atoms with E-state index in [-0.39, 0.29) is 12.3 Å². The highest BCUT2D eigenvalue weighted by atomic mass is 16.5. The molecule has 3 aromatic rings. The molecule has 0 aliphatic rings.